The van der Waals surface area contributed by atoms with E-state index in [-0.39, 0.29) is 10.8 Å². The number of piperidine rings is 1. The number of esters is 1. The summed E-state index contributed by atoms with van der Waals surface area (Å²) in [4.78, 5) is 13.2. The molecule has 0 bridgehead atoms. The predicted molar refractivity (Wildman–Crippen MR) is 63.3 cm³/mol. The zero-order chi connectivity index (χ0) is 11.3. The first-order chi connectivity index (χ1) is 7.13. The van der Waals surface area contributed by atoms with Crippen molar-refractivity contribution in [2.45, 2.75) is 23.7 Å². The van der Waals surface area contributed by atoms with Crippen LogP contribution in [-0.2, 0) is 9.53 Å². The first-order valence-corrected chi connectivity index (χ1v) is 6.19. The molecular weight excluding hydrogens is 260 g/mol. The van der Waals surface area contributed by atoms with Gasteiger partial charge in [0.2, 0.25) is 0 Å². The maximum Gasteiger partial charge on any atom is 0.320 e. The normalized spacial score (nSPS) is 21.3. The predicted octanol–water partition coefficient (Wildman–Crippen LogP) is 0.607. The highest BCUT2D eigenvalue weighted by atomic mass is 79.9. The SMILES string of the molecule is COC(=O)C(Br)CNC1CCN(C)CC1. The summed E-state index contributed by atoms with van der Waals surface area (Å²) in [6.07, 6.45) is 2.30. The van der Waals surface area contributed by atoms with E-state index in [1.807, 2.05) is 0 Å². The number of likely N-dealkylation sites (tertiary alicyclic amines) is 1. The molecule has 1 aliphatic rings. The Kier molecular flexibility index (Phi) is 5.56. The number of hydrogen-bond donors (Lipinski definition) is 1. The third-order valence-corrected chi connectivity index (χ3v) is 3.46. The van der Waals surface area contributed by atoms with Crippen LogP contribution in [0.15, 0.2) is 0 Å². The fourth-order valence-corrected chi connectivity index (χ4v) is 2.07. The minimum Gasteiger partial charge on any atom is -0.468 e. The van der Waals surface area contributed by atoms with Gasteiger partial charge in [0.25, 0.3) is 0 Å². The second-order valence-corrected chi connectivity index (χ2v) is 5.08. The minimum absolute atomic E-state index is 0.213. The molecule has 0 radical (unpaired) electrons. The molecule has 1 aliphatic heterocycles. The Bertz CT molecular complexity index is 206. The van der Waals surface area contributed by atoms with Crippen molar-refractivity contribution < 1.29 is 9.53 Å². The molecule has 0 aromatic carbocycles. The maximum atomic E-state index is 11.1. The number of methoxy groups -OCH3 is 1. The summed E-state index contributed by atoms with van der Waals surface area (Å²) < 4.78 is 4.63. The molecule has 1 N–H and O–H groups in total. The number of rotatable bonds is 4. The van der Waals surface area contributed by atoms with Crippen LogP contribution in [0.5, 0.6) is 0 Å². The fraction of sp³-hybridized carbons (Fsp3) is 0.900. The molecule has 0 saturated carbocycles. The van der Waals surface area contributed by atoms with Gasteiger partial charge in [-0.25, -0.2) is 0 Å². The molecule has 15 heavy (non-hydrogen) atoms. The van der Waals surface area contributed by atoms with Crippen molar-refractivity contribution in [1.29, 1.82) is 0 Å². The van der Waals surface area contributed by atoms with E-state index >= 15 is 0 Å². The van der Waals surface area contributed by atoms with Crippen LogP contribution in [0.25, 0.3) is 0 Å². The highest BCUT2D eigenvalue weighted by Crippen LogP contribution is 2.09. The third kappa shape index (κ3) is 4.49. The first kappa shape index (κ1) is 12.9. The van der Waals surface area contributed by atoms with Crippen LogP contribution >= 0.6 is 15.9 Å². The van der Waals surface area contributed by atoms with Gasteiger partial charge in [0, 0.05) is 12.6 Å². The summed E-state index contributed by atoms with van der Waals surface area (Å²) in [6, 6.07) is 0.533. The van der Waals surface area contributed by atoms with Crippen LogP contribution in [0, 0.1) is 0 Å². The Hall–Kier alpha value is -0.130. The van der Waals surface area contributed by atoms with E-state index in [1.165, 1.54) is 7.11 Å². The fourth-order valence-electron chi connectivity index (χ4n) is 1.69. The number of carbonyl (C=O) groups is 1. The average Bonchev–Trinajstić information content (AvgIpc) is 2.26. The summed E-state index contributed by atoms with van der Waals surface area (Å²) in [5, 5.41) is 3.38. The monoisotopic (exact) mass is 278 g/mol. The Morgan fingerprint density at radius 2 is 2.20 bits per heavy atom. The van der Waals surface area contributed by atoms with Crippen molar-refractivity contribution in [3.63, 3.8) is 0 Å². The summed E-state index contributed by atoms with van der Waals surface area (Å²) in [5.41, 5.74) is 0. The molecule has 1 atom stereocenters. The Morgan fingerprint density at radius 1 is 1.60 bits per heavy atom. The molecular formula is C10H19BrN2O2. The molecule has 0 amide bonds. The molecule has 1 fully saturated rings. The number of halogens is 1. The number of alkyl halides is 1. The van der Waals surface area contributed by atoms with Crippen molar-refractivity contribution in [2.75, 3.05) is 33.8 Å². The van der Waals surface area contributed by atoms with Gasteiger partial charge in [-0.3, -0.25) is 4.79 Å². The molecule has 1 unspecified atom stereocenters. The first-order valence-electron chi connectivity index (χ1n) is 5.27. The van der Waals surface area contributed by atoms with Crippen LogP contribution in [0.4, 0.5) is 0 Å². The van der Waals surface area contributed by atoms with Gasteiger partial charge in [-0.1, -0.05) is 15.9 Å². The number of nitrogens with one attached hydrogen (secondary N) is 1. The maximum absolute atomic E-state index is 11.1. The van der Waals surface area contributed by atoms with Gasteiger partial charge in [-0.15, -0.1) is 0 Å². The second-order valence-electron chi connectivity index (χ2n) is 3.98. The Morgan fingerprint density at radius 3 is 2.73 bits per heavy atom. The number of nitrogens with zero attached hydrogens (tertiary/aromatic N) is 1. The van der Waals surface area contributed by atoms with E-state index in [2.05, 4.69) is 37.9 Å². The number of ether oxygens (including phenoxy) is 1. The molecule has 0 aliphatic carbocycles. The van der Waals surface area contributed by atoms with Gasteiger partial charge in [0.05, 0.1) is 7.11 Å². The van der Waals surface area contributed by atoms with Crippen LogP contribution < -0.4 is 5.32 Å². The van der Waals surface area contributed by atoms with Crippen molar-refractivity contribution in [3.8, 4) is 0 Å². The Labute approximate surface area is 99.5 Å². The van der Waals surface area contributed by atoms with Gasteiger partial charge in [-0.2, -0.15) is 0 Å². The largest absolute Gasteiger partial charge is 0.468 e. The lowest BCUT2D eigenvalue weighted by atomic mass is 10.1. The van der Waals surface area contributed by atoms with Crippen molar-refractivity contribution in [3.05, 3.63) is 0 Å². The molecule has 0 aromatic rings. The zero-order valence-electron chi connectivity index (χ0n) is 9.33. The van der Waals surface area contributed by atoms with E-state index in [1.54, 1.807) is 0 Å². The van der Waals surface area contributed by atoms with Crippen LogP contribution in [0.3, 0.4) is 0 Å². The van der Waals surface area contributed by atoms with Gasteiger partial charge in [0.15, 0.2) is 0 Å². The zero-order valence-corrected chi connectivity index (χ0v) is 10.9. The summed E-state index contributed by atoms with van der Waals surface area (Å²) in [5.74, 6) is -0.213. The highest BCUT2D eigenvalue weighted by molar-refractivity contribution is 9.10. The quantitative estimate of drug-likeness (QED) is 0.604. The number of carbonyl (C=O) groups excluding carboxylic acids is 1. The molecule has 0 aromatic heterocycles. The molecule has 5 heteroatoms. The third-order valence-electron chi connectivity index (χ3n) is 2.76. The van der Waals surface area contributed by atoms with Gasteiger partial charge >= 0.3 is 5.97 Å². The molecule has 1 saturated heterocycles. The van der Waals surface area contributed by atoms with E-state index in [0.29, 0.717) is 12.6 Å². The standard InChI is InChI=1S/C10H19BrN2O2/c1-13-5-3-8(4-6-13)12-7-9(11)10(14)15-2/h8-9,12H,3-7H2,1-2H3. The van der Waals surface area contributed by atoms with Gasteiger partial charge in [0.1, 0.15) is 4.83 Å². The van der Waals surface area contributed by atoms with Gasteiger partial charge in [-0.05, 0) is 33.0 Å². The van der Waals surface area contributed by atoms with E-state index in [0.717, 1.165) is 25.9 Å². The minimum atomic E-state index is -0.234. The lowest BCUT2D eigenvalue weighted by Gasteiger charge is -2.29. The van der Waals surface area contributed by atoms with Gasteiger partial charge < -0.3 is 15.0 Å². The Balaban J connectivity index is 2.17. The smallest absolute Gasteiger partial charge is 0.320 e. The number of hydrogen-bond acceptors (Lipinski definition) is 4. The van der Waals surface area contributed by atoms with Crippen molar-refractivity contribution in [1.82, 2.24) is 10.2 Å². The van der Waals surface area contributed by atoms with Crippen LogP contribution in [0.1, 0.15) is 12.8 Å². The van der Waals surface area contributed by atoms with E-state index < -0.39 is 0 Å². The van der Waals surface area contributed by atoms with Crippen molar-refractivity contribution >= 4 is 21.9 Å². The second kappa shape index (κ2) is 6.45. The van der Waals surface area contributed by atoms with E-state index in [4.69, 9.17) is 0 Å². The molecule has 1 rings (SSSR count). The molecule has 1 heterocycles. The molecule has 0 spiro atoms. The average molecular weight is 279 g/mol. The summed E-state index contributed by atoms with van der Waals surface area (Å²) >= 11 is 3.29. The molecule has 4 nitrogen and oxygen atoms in total. The highest BCUT2D eigenvalue weighted by Gasteiger charge is 2.19. The lowest BCUT2D eigenvalue weighted by molar-refractivity contribution is -0.139. The summed E-state index contributed by atoms with van der Waals surface area (Å²) in [7, 11) is 3.55. The lowest BCUT2D eigenvalue weighted by Crippen LogP contribution is -2.43. The molecule has 88 valence electrons. The van der Waals surface area contributed by atoms with Crippen LogP contribution in [-0.4, -0.2) is 55.5 Å². The summed E-state index contributed by atoms with van der Waals surface area (Å²) in [6.45, 7) is 2.90. The topological polar surface area (TPSA) is 41.6 Å². The van der Waals surface area contributed by atoms with E-state index in [9.17, 15) is 4.79 Å². The van der Waals surface area contributed by atoms with Crippen LogP contribution in [0.2, 0.25) is 0 Å². The van der Waals surface area contributed by atoms with Crippen molar-refractivity contribution in [2.24, 2.45) is 0 Å².